The van der Waals surface area contributed by atoms with Crippen LogP contribution in [0.15, 0.2) is 36.4 Å². The van der Waals surface area contributed by atoms with Crippen molar-refractivity contribution in [1.82, 2.24) is 9.97 Å². The molecule has 3 heterocycles. The van der Waals surface area contributed by atoms with Crippen LogP contribution in [0.5, 0.6) is 0 Å². The number of benzene rings is 1. The summed E-state index contributed by atoms with van der Waals surface area (Å²) in [6.45, 7) is 3.24. The van der Waals surface area contributed by atoms with Crippen LogP contribution >= 0.6 is 11.3 Å². The summed E-state index contributed by atoms with van der Waals surface area (Å²) in [5, 5.41) is 10.4. The van der Waals surface area contributed by atoms with Gasteiger partial charge < -0.3 is 10.0 Å². The van der Waals surface area contributed by atoms with E-state index in [1.165, 1.54) is 0 Å². The van der Waals surface area contributed by atoms with E-state index >= 15 is 0 Å². The zero-order valence-corrected chi connectivity index (χ0v) is 14.8. The van der Waals surface area contributed by atoms with Gasteiger partial charge in [0.1, 0.15) is 16.5 Å². The smallest absolute Gasteiger partial charge is 0.308 e. The molecule has 0 spiro atoms. The molecular weight excluding hydrogens is 334 g/mol. The molecule has 0 saturated carbocycles. The molecule has 0 aliphatic carbocycles. The van der Waals surface area contributed by atoms with Crippen molar-refractivity contribution in [2.24, 2.45) is 5.92 Å². The van der Waals surface area contributed by atoms with Crippen LogP contribution < -0.4 is 4.90 Å². The normalized spacial score (nSPS) is 17.8. The van der Waals surface area contributed by atoms with Gasteiger partial charge in [-0.25, -0.2) is 9.97 Å². The molecule has 1 fully saturated rings. The lowest BCUT2D eigenvalue weighted by Crippen LogP contribution is -2.39. The van der Waals surface area contributed by atoms with Gasteiger partial charge in [-0.05, 0) is 31.4 Å². The monoisotopic (exact) mass is 353 g/mol. The van der Waals surface area contributed by atoms with E-state index in [-0.39, 0.29) is 5.92 Å². The van der Waals surface area contributed by atoms with Crippen molar-refractivity contribution >= 4 is 33.3 Å². The van der Waals surface area contributed by atoms with E-state index in [0.717, 1.165) is 51.7 Å². The molecule has 3 aromatic rings. The van der Waals surface area contributed by atoms with Crippen molar-refractivity contribution in [2.45, 2.75) is 19.8 Å². The van der Waals surface area contributed by atoms with Gasteiger partial charge in [-0.15, -0.1) is 11.3 Å². The average Bonchev–Trinajstić information content (AvgIpc) is 3.05. The van der Waals surface area contributed by atoms with Crippen molar-refractivity contribution in [2.75, 3.05) is 18.0 Å². The Morgan fingerprint density at radius 3 is 2.84 bits per heavy atom. The zero-order valence-electron chi connectivity index (χ0n) is 14.0. The van der Waals surface area contributed by atoms with Crippen LogP contribution in [0.3, 0.4) is 0 Å². The molecule has 25 heavy (non-hydrogen) atoms. The number of carboxylic acid groups (broad SMARTS) is 1. The van der Waals surface area contributed by atoms with Gasteiger partial charge in [0, 0.05) is 18.0 Å². The van der Waals surface area contributed by atoms with E-state index in [1.807, 2.05) is 25.1 Å². The van der Waals surface area contributed by atoms with Gasteiger partial charge in [0.15, 0.2) is 0 Å². The molecule has 128 valence electrons. The molecule has 1 saturated heterocycles. The topological polar surface area (TPSA) is 66.3 Å². The number of rotatable bonds is 3. The highest BCUT2D eigenvalue weighted by Crippen LogP contribution is 2.37. The number of piperidine rings is 1. The van der Waals surface area contributed by atoms with Gasteiger partial charge >= 0.3 is 5.97 Å². The molecule has 2 aromatic heterocycles. The largest absolute Gasteiger partial charge is 0.481 e. The van der Waals surface area contributed by atoms with Crippen LogP contribution in [0, 0.1) is 12.8 Å². The second kappa shape index (κ2) is 6.44. The Labute approximate surface area is 150 Å². The first-order chi connectivity index (χ1) is 12.1. The molecule has 0 radical (unpaired) electrons. The highest BCUT2D eigenvalue weighted by molar-refractivity contribution is 7.21. The fourth-order valence-electron chi connectivity index (χ4n) is 3.37. The maximum atomic E-state index is 11.4. The van der Waals surface area contributed by atoms with E-state index < -0.39 is 5.97 Å². The first-order valence-corrected chi connectivity index (χ1v) is 9.25. The minimum Gasteiger partial charge on any atom is -0.481 e. The number of anilines is 1. The summed E-state index contributed by atoms with van der Waals surface area (Å²) in [7, 11) is 0. The van der Waals surface area contributed by atoms with Crippen molar-refractivity contribution in [1.29, 1.82) is 0 Å². The zero-order chi connectivity index (χ0) is 17.4. The number of aliphatic carboxylic acids is 1. The molecule has 0 amide bonds. The van der Waals surface area contributed by atoms with Crippen molar-refractivity contribution in [3.05, 3.63) is 42.2 Å². The number of carboxylic acids is 1. The summed E-state index contributed by atoms with van der Waals surface area (Å²) in [6, 6.07) is 12.4. The van der Waals surface area contributed by atoms with Gasteiger partial charge in [-0.2, -0.15) is 0 Å². The van der Waals surface area contributed by atoms with Crippen LogP contribution in [-0.2, 0) is 4.79 Å². The molecule has 6 heteroatoms. The van der Waals surface area contributed by atoms with E-state index in [2.05, 4.69) is 33.1 Å². The maximum Gasteiger partial charge on any atom is 0.308 e. The Balaban J connectivity index is 1.78. The number of fused-ring (bicyclic) bond motifs is 1. The molecule has 4 rings (SSSR count). The third-order valence-corrected chi connectivity index (χ3v) is 5.69. The Morgan fingerprint density at radius 2 is 2.08 bits per heavy atom. The van der Waals surface area contributed by atoms with Crippen LogP contribution in [0.4, 0.5) is 5.82 Å². The van der Waals surface area contributed by atoms with E-state index in [4.69, 9.17) is 0 Å². The Hall–Kier alpha value is -2.47. The van der Waals surface area contributed by atoms with Crippen LogP contribution in [0.1, 0.15) is 18.7 Å². The lowest BCUT2D eigenvalue weighted by molar-refractivity contribution is -0.141. The fourth-order valence-corrected chi connectivity index (χ4v) is 4.44. The number of hydrogen-bond acceptors (Lipinski definition) is 5. The summed E-state index contributed by atoms with van der Waals surface area (Å²) in [5.74, 6) is 0.543. The minimum atomic E-state index is -0.720. The Bertz CT molecular complexity index is 923. The second-order valence-electron chi connectivity index (χ2n) is 6.41. The molecule has 1 aromatic carbocycles. The highest BCUT2D eigenvalue weighted by atomic mass is 32.1. The highest BCUT2D eigenvalue weighted by Gasteiger charge is 2.27. The van der Waals surface area contributed by atoms with E-state index in [9.17, 15) is 9.90 Å². The lowest BCUT2D eigenvalue weighted by Gasteiger charge is -2.32. The van der Waals surface area contributed by atoms with Gasteiger partial charge in [0.2, 0.25) is 0 Å². The van der Waals surface area contributed by atoms with Crippen molar-refractivity contribution in [3.8, 4) is 10.4 Å². The first-order valence-electron chi connectivity index (χ1n) is 8.43. The number of nitrogens with zero attached hydrogens (tertiary/aromatic N) is 3. The molecule has 5 nitrogen and oxygen atoms in total. The van der Waals surface area contributed by atoms with Crippen molar-refractivity contribution in [3.63, 3.8) is 0 Å². The molecule has 1 N–H and O–H groups in total. The SMILES string of the molecule is Cc1nc(N2CCCC(C(=O)O)C2)c2cc(-c3ccccc3)sc2n1. The van der Waals surface area contributed by atoms with Gasteiger partial charge in [0.05, 0.1) is 11.3 Å². The Morgan fingerprint density at radius 1 is 1.28 bits per heavy atom. The lowest BCUT2D eigenvalue weighted by atomic mass is 9.98. The predicted octanol–water partition coefficient (Wildman–Crippen LogP) is 3.97. The molecule has 1 aliphatic rings. The fraction of sp³-hybridized carbons (Fsp3) is 0.316. The summed E-state index contributed by atoms with van der Waals surface area (Å²) in [6.07, 6.45) is 1.61. The first kappa shape index (κ1) is 16.0. The molecular formula is C19H19N3O2S. The number of carbonyl (C=O) groups is 1. The van der Waals surface area contributed by atoms with Crippen LogP contribution in [-0.4, -0.2) is 34.1 Å². The predicted molar refractivity (Wildman–Crippen MR) is 100 cm³/mol. The average molecular weight is 353 g/mol. The number of hydrogen-bond donors (Lipinski definition) is 1. The second-order valence-corrected chi connectivity index (χ2v) is 7.44. The standard InChI is InChI=1S/C19H19N3O2S/c1-12-20-17(22-9-5-8-14(11-22)19(23)24)15-10-16(25-18(15)21-12)13-6-3-2-4-7-13/h2-4,6-7,10,14H,5,8-9,11H2,1H3,(H,23,24). The van der Waals surface area contributed by atoms with Crippen molar-refractivity contribution < 1.29 is 9.90 Å². The van der Waals surface area contributed by atoms with Crippen LogP contribution in [0.2, 0.25) is 0 Å². The Kier molecular flexibility index (Phi) is 4.13. The van der Waals surface area contributed by atoms with Crippen LogP contribution in [0.25, 0.3) is 20.7 Å². The number of thiophene rings is 1. The summed E-state index contributed by atoms with van der Waals surface area (Å²) in [4.78, 5) is 24.9. The third-order valence-electron chi connectivity index (χ3n) is 4.61. The van der Waals surface area contributed by atoms with E-state index in [0.29, 0.717) is 6.54 Å². The molecule has 1 atom stereocenters. The molecule has 1 aliphatic heterocycles. The van der Waals surface area contributed by atoms with Gasteiger partial charge in [0.25, 0.3) is 0 Å². The number of aromatic nitrogens is 2. The van der Waals surface area contributed by atoms with Gasteiger partial charge in [-0.3, -0.25) is 4.79 Å². The minimum absolute atomic E-state index is 0.327. The maximum absolute atomic E-state index is 11.4. The van der Waals surface area contributed by atoms with Gasteiger partial charge in [-0.1, -0.05) is 30.3 Å². The summed E-state index contributed by atoms with van der Waals surface area (Å²) < 4.78 is 0. The summed E-state index contributed by atoms with van der Waals surface area (Å²) >= 11 is 1.66. The third kappa shape index (κ3) is 3.09. The summed E-state index contributed by atoms with van der Waals surface area (Å²) in [5.41, 5.74) is 1.16. The van der Waals surface area contributed by atoms with E-state index in [1.54, 1.807) is 11.3 Å². The molecule has 0 bridgehead atoms. The number of aryl methyl sites for hydroxylation is 1. The quantitative estimate of drug-likeness (QED) is 0.772. The molecule has 1 unspecified atom stereocenters.